The maximum absolute atomic E-state index is 11.5. The molecule has 0 aromatic rings. The Balaban J connectivity index is 0.00000392. The molecule has 28 heavy (non-hydrogen) atoms. The number of carboxylic acid groups (broad SMARTS) is 2. The van der Waals surface area contributed by atoms with Crippen molar-refractivity contribution in [3.05, 3.63) is 0 Å². The smallest absolute Gasteiger partial charge is 0.335 e. The van der Waals surface area contributed by atoms with Crippen LogP contribution in [0, 0.1) is 5.92 Å². The summed E-state index contributed by atoms with van der Waals surface area (Å²) in [7, 11) is 2.41. The van der Waals surface area contributed by atoms with Gasteiger partial charge in [-0.25, -0.2) is 9.59 Å². The van der Waals surface area contributed by atoms with Gasteiger partial charge in [-0.2, -0.15) is 0 Å². The van der Waals surface area contributed by atoms with Gasteiger partial charge >= 0.3 is 11.9 Å². The number of rotatable bonds is 6. The van der Waals surface area contributed by atoms with Gasteiger partial charge in [0.2, 0.25) is 0 Å². The first-order valence-electron chi connectivity index (χ1n) is 8.15. The second kappa shape index (κ2) is 9.87. The molecule has 2 aliphatic rings. The molecule has 2 heterocycles. The molecule has 164 valence electrons. The highest BCUT2D eigenvalue weighted by atomic mass is 16.7. The Morgan fingerprint density at radius 3 is 1.75 bits per heavy atom. The van der Waals surface area contributed by atoms with Crippen molar-refractivity contribution in [3.8, 4) is 0 Å². The molecule has 2 saturated heterocycles. The molecule has 4 unspecified atom stereocenters. The van der Waals surface area contributed by atoms with Crippen LogP contribution < -0.4 is 0 Å². The van der Waals surface area contributed by atoms with Crippen molar-refractivity contribution in [2.24, 2.45) is 5.92 Å². The third-order valence-electron chi connectivity index (χ3n) is 4.71. The first kappa shape index (κ1) is 24.6. The minimum atomic E-state index is -1.76. The maximum Gasteiger partial charge on any atom is 0.335 e. The van der Waals surface area contributed by atoms with Crippen molar-refractivity contribution in [3.63, 3.8) is 0 Å². The first-order chi connectivity index (χ1) is 12.6. The van der Waals surface area contributed by atoms with Crippen LogP contribution in [0.25, 0.3) is 0 Å². The highest BCUT2D eigenvalue weighted by Crippen LogP contribution is 2.32. The van der Waals surface area contributed by atoms with Crippen molar-refractivity contribution < 1.29 is 64.3 Å². The molecule has 2 aliphatic heterocycles. The molecule has 0 radical (unpaired) electrons. The fraction of sp³-hybridized carbons (Fsp3) is 0.867. The Morgan fingerprint density at radius 2 is 1.29 bits per heavy atom. The van der Waals surface area contributed by atoms with Gasteiger partial charge in [0.25, 0.3) is 0 Å². The Labute approximate surface area is 159 Å². The minimum absolute atomic E-state index is 0. The lowest BCUT2D eigenvalue weighted by molar-refractivity contribution is -0.343. The van der Waals surface area contributed by atoms with E-state index in [2.05, 4.69) is 0 Å². The molecule has 2 fully saturated rings. The molecule has 2 rings (SSSR count). The molecule has 0 saturated carbocycles. The highest BCUT2D eigenvalue weighted by Gasteiger charge is 2.53. The topological polar surface area (TPSA) is 213 Å². The van der Waals surface area contributed by atoms with Crippen LogP contribution in [0.3, 0.4) is 0 Å². The van der Waals surface area contributed by atoms with E-state index in [1.165, 1.54) is 14.0 Å². The van der Waals surface area contributed by atoms with Gasteiger partial charge in [0.15, 0.2) is 24.8 Å². The van der Waals surface area contributed by atoms with E-state index in [1.54, 1.807) is 0 Å². The van der Waals surface area contributed by atoms with Gasteiger partial charge in [-0.05, 0) is 0 Å². The number of carbonyl (C=O) groups is 2. The molecule has 0 spiro atoms. The number of hydrogen-bond acceptors (Lipinski definition) is 10. The lowest BCUT2D eigenvalue weighted by Crippen LogP contribution is -2.64. The summed E-state index contributed by atoms with van der Waals surface area (Å²) < 4.78 is 25.6. The van der Waals surface area contributed by atoms with Crippen LogP contribution in [0.15, 0.2) is 0 Å². The summed E-state index contributed by atoms with van der Waals surface area (Å²) in [6.07, 6.45) is -13.9. The molecule has 0 aromatic heterocycles. The molecular weight excluding hydrogens is 388 g/mol. The summed E-state index contributed by atoms with van der Waals surface area (Å²) >= 11 is 0. The second-order valence-electron chi connectivity index (χ2n) is 6.39. The van der Waals surface area contributed by atoms with Crippen LogP contribution in [0.1, 0.15) is 6.92 Å². The highest BCUT2D eigenvalue weighted by molar-refractivity contribution is 5.74. The zero-order valence-corrected chi connectivity index (χ0v) is 15.4. The molecule has 0 aliphatic carbocycles. The molecular formula is C15H26O13. The SMILES string of the molecule is CO[C@@H]1OC(C(=O)O)[C@@H](O[C@@H]2OC(C(=O)O)[C@@H](OC)[C@H](O)C2O)[C@H](O)C1C.O. The molecule has 0 aromatic carbocycles. The first-order valence-corrected chi connectivity index (χ1v) is 8.15. The van der Waals surface area contributed by atoms with Gasteiger partial charge in [-0.1, -0.05) is 6.92 Å². The fourth-order valence-electron chi connectivity index (χ4n) is 3.17. The van der Waals surface area contributed by atoms with Crippen LogP contribution in [0.2, 0.25) is 0 Å². The summed E-state index contributed by atoms with van der Waals surface area (Å²) in [6, 6.07) is 0. The molecule has 0 bridgehead atoms. The largest absolute Gasteiger partial charge is 0.479 e. The van der Waals surface area contributed by atoms with Gasteiger partial charge in [0.05, 0.1) is 6.10 Å². The zero-order valence-electron chi connectivity index (χ0n) is 15.4. The summed E-state index contributed by atoms with van der Waals surface area (Å²) in [6.45, 7) is 1.53. The number of carboxylic acids is 2. The van der Waals surface area contributed by atoms with E-state index in [-0.39, 0.29) is 5.48 Å². The normalized spacial score (nSPS) is 43.8. The van der Waals surface area contributed by atoms with Crippen LogP contribution in [-0.4, -0.2) is 112 Å². The Kier molecular flexibility index (Phi) is 8.67. The van der Waals surface area contributed by atoms with E-state index in [4.69, 9.17) is 23.7 Å². The number of hydrogen-bond donors (Lipinski definition) is 5. The lowest BCUT2D eigenvalue weighted by atomic mass is 9.91. The predicted octanol–water partition coefficient (Wildman–Crippen LogP) is -3.45. The third-order valence-corrected chi connectivity index (χ3v) is 4.71. The average molecular weight is 414 g/mol. The molecule has 13 nitrogen and oxygen atoms in total. The molecule has 7 N–H and O–H groups in total. The van der Waals surface area contributed by atoms with E-state index in [1.807, 2.05) is 0 Å². The summed E-state index contributed by atoms with van der Waals surface area (Å²) in [5, 5.41) is 49.3. The molecule has 13 heteroatoms. The van der Waals surface area contributed by atoms with Crippen LogP contribution in [0.5, 0.6) is 0 Å². The van der Waals surface area contributed by atoms with Crippen molar-refractivity contribution >= 4 is 11.9 Å². The van der Waals surface area contributed by atoms with Crippen LogP contribution in [-0.2, 0) is 33.3 Å². The summed E-state index contributed by atoms with van der Waals surface area (Å²) in [5.74, 6) is -3.66. The van der Waals surface area contributed by atoms with Gasteiger partial charge < -0.3 is 54.7 Å². The molecule has 10 atom stereocenters. The Hall–Kier alpha value is -1.42. The van der Waals surface area contributed by atoms with Gasteiger partial charge in [0.1, 0.15) is 24.4 Å². The van der Waals surface area contributed by atoms with Crippen LogP contribution in [0.4, 0.5) is 0 Å². The number of methoxy groups -OCH3 is 2. The summed E-state index contributed by atoms with van der Waals surface area (Å²) in [4.78, 5) is 22.8. The van der Waals surface area contributed by atoms with E-state index >= 15 is 0 Å². The Morgan fingerprint density at radius 1 is 0.786 bits per heavy atom. The quantitative estimate of drug-likeness (QED) is 0.287. The second-order valence-corrected chi connectivity index (χ2v) is 6.39. The number of aliphatic hydroxyl groups excluding tert-OH is 3. The number of aliphatic carboxylic acids is 2. The van der Waals surface area contributed by atoms with Gasteiger partial charge in [0, 0.05) is 20.1 Å². The number of aliphatic hydroxyl groups is 3. The standard InChI is InChI=1S/C15H24O12.H2O/c1-4-5(16)9(11(13(21)22)26-14(4)24-3)25-15-7(18)6(17)8(23-2)10(27-15)12(19)20;/h4-11,14-18H,1-3H3,(H,19,20)(H,21,22);1H2/t4?,5-,6-,7?,8+,9+,10?,11?,14-,15-;/m1./s1. The van der Waals surface area contributed by atoms with Crippen molar-refractivity contribution in [2.45, 2.75) is 62.2 Å². The van der Waals surface area contributed by atoms with Crippen molar-refractivity contribution in [1.29, 1.82) is 0 Å². The third kappa shape index (κ3) is 4.59. The van der Waals surface area contributed by atoms with Gasteiger partial charge in [-0.15, -0.1) is 0 Å². The van der Waals surface area contributed by atoms with E-state index in [9.17, 15) is 35.1 Å². The average Bonchev–Trinajstić information content (AvgIpc) is 2.62. The Bertz CT molecular complexity index is 542. The van der Waals surface area contributed by atoms with Gasteiger partial charge in [-0.3, -0.25) is 0 Å². The minimum Gasteiger partial charge on any atom is -0.479 e. The fourth-order valence-corrected chi connectivity index (χ4v) is 3.17. The molecule has 0 amide bonds. The summed E-state index contributed by atoms with van der Waals surface area (Å²) in [5.41, 5.74) is 0. The van der Waals surface area contributed by atoms with E-state index in [0.717, 1.165) is 7.11 Å². The maximum atomic E-state index is 11.5. The zero-order chi connectivity index (χ0) is 20.5. The number of ether oxygens (including phenoxy) is 5. The van der Waals surface area contributed by atoms with Crippen molar-refractivity contribution in [2.75, 3.05) is 14.2 Å². The van der Waals surface area contributed by atoms with Crippen molar-refractivity contribution in [1.82, 2.24) is 0 Å². The monoisotopic (exact) mass is 414 g/mol. The van der Waals surface area contributed by atoms with E-state index in [0.29, 0.717) is 0 Å². The van der Waals surface area contributed by atoms with E-state index < -0.39 is 73.2 Å². The predicted molar refractivity (Wildman–Crippen MR) is 86.1 cm³/mol. The lowest BCUT2D eigenvalue weighted by Gasteiger charge is -2.45. The van der Waals surface area contributed by atoms with Crippen LogP contribution >= 0.6 is 0 Å².